The molecule has 0 heterocycles. The van der Waals surface area contributed by atoms with Crippen LogP contribution in [0.25, 0.3) is 0 Å². The number of hydrogen-bond donors (Lipinski definition) is 0. The second-order valence-corrected chi connectivity index (χ2v) is 3.43. The molecule has 1 aromatic rings. The molecular weight excluding hydrogens is 207 g/mol. The van der Waals surface area contributed by atoms with Crippen LogP contribution in [0.1, 0.15) is 18.4 Å². The van der Waals surface area contributed by atoms with Gasteiger partial charge < -0.3 is 0 Å². The molecule has 1 atom stereocenters. The van der Waals surface area contributed by atoms with Crippen molar-refractivity contribution in [2.24, 2.45) is 0 Å². The number of rotatable bonds is 1. The van der Waals surface area contributed by atoms with E-state index in [1.807, 2.05) is 6.92 Å². The highest BCUT2D eigenvalue weighted by Gasteiger charge is 2.02. The molecule has 0 fully saturated rings. The van der Waals surface area contributed by atoms with Crippen LogP contribution in [0.4, 0.5) is 4.39 Å². The second kappa shape index (κ2) is 3.35. The molecule has 0 aliphatic heterocycles. The largest absolute Gasteiger partial charge is 0.206 e. The minimum atomic E-state index is -0.227. The summed E-state index contributed by atoms with van der Waals surface area (Å²) in [4.78, 5) is 0. The normalized spacial score (nSPS) is 10.6. The fourth-order valence-electron chi connectivity index (χ4n) is 0.819. The number of benzene rings is 1. The highest BCUT2D eigenvalue weighted by molar-refractivity contribution is 9.10. The predicted octanol–water partition coefficient (Wildman–Crippen LogP) is 3.53. The molecule has 0 spiro atoms. The van der Waals surface area contributed by atoms with Crippen LogP contribution in [-0.2, 0) is 0 Å². The van der Waals surface area contributed by atoms with Gasteiger partial charge in [-0.2, -0.15) is 0 Å². The fraction of sp³-hybridized carbons (Fsp3) is 0.222. The topological polar surface area (TPSA) is 0 Å². The zero-order chi connectivity index (χ0) is 8.43. The van der Waals surface area contributed by atoms with Gasteiger partial charge >= 0.3 is 0 Å². The Kier molecular flexibility index (Phi) is 2.66. The highest BCUT2D eigenvalue weighted by atomic mass is 79.9. The lowest BCUT2D eigenvalue weighted by atomic mass is 10.0. The molecule has 0 bridgehead atoms. The van der Waals surface area contributed by atoms with Crippen LogP contribution in [0.2, 0.25) is 0 Å². The monoisotopic (exact) mass is 215 g/mol. The van der Waals surface area contributed by atoms with Crippen molar-refractivity contribution < 1.29 is 4.39 Å². The minimum Gasteiger partial charge on any atom is -0.206 e. The molecule has 0 saturated heterocycles. The Morgan fingerprint density at radius 2 is 2.18 bits per heavy atom. The molecule has 0 aliphatic carbocycles. The summed E-state index contributed by atoms with van der Waals surface area (Å²) in [5.74, 6) is -0.0266. The summed E-state index contributed by atoms with van der Waals surface area (Å²) in [7, 11) is 0. The molecule has 0 saturated carbocycles. The first kappa shape index (κ1) is 8.72. The molecule has 1 aromatic carbocycles. The third-order valence-electron chi connectivity index (χ3n) is 1.51. The summed E-state index contributed by atoms with van der Waals surface area (Å²) in [6.45, 7) is 5.81. The lowest BCUT2D eigenvalue weighted by Gasteiger charge is -2.04. The summed E-state index contributed by atoms with van der Waals surface area (Å²) < 4.78 is 13.2. The first-order chi connectivity index (χ1) is 5.11. The lowest BCUT2D eigenvalue weighted by Crippen LogP contribution is -1.88. The van der Waals surface area contributed by atoms with Gasteiger partial charge in [0.1, 0.15) is 5.82 Å². The van der Waals surface area contributed by atoms with Gasteiger partial charge in [0.25, 0.3) is 0 Å². The van der Waals surface area contributed by atoms with Gasteiger partial charge in [-0.3, -0.25) is 0 Å². The van der Waals surface area contributed by atoms with Crippen molar-refractivity contribution in [2.45, 2.75) is 12.8 Å². The molecule has 0 amide bonds. The first-order valence-corrected chi connectivity index (χ1v) is 4.18. The Bertz CT molecular complexity index is 256. The van der Waals surface area contributed by atoms with Crippen molar-refractivity contribution in [3.8, 4) is 0 Å². The molecule has 0 N–H and O–H groups in total. The Morgan fingerprint density at radius 3 is 2.64 bits per heavy atom. The van der Waals surface area contributed by atoms with E-state index >= 15 is 0 Å². The van der Waals surface area contributed by atoms with Crippen molar-refractivity contribution in [3.05, 3.63) is 41.0 Å². The highest BCUT2D eigenvalue weighted by Crippen LogP contribution is 2.21. The van der Waals surface area contributed by atoms with Crippen LogP contribution in [-0.4, -0.2) is 0 Å². The van der Waals surface area contributed by atoms with Gasteiger partial charge in [0.05, 0.1) is 4.47 Å². The van der Waals surface area contributed by atoms with Crippen LogP contribution < -0.4 is 0 Å². The smallest absolute Gasteiger partial charge is 0.137 e. The Labute approximate surface area is 74.6 Å². The van der Waals surface area contributed by atoms with Crippen LogP contribution in [0, 0.1) is 12.7 Å². The SMILES string of the molecule is [CH2]C(C)c1ccc(F)c(Br)c1. The van der Waals surface area contributed by atoms with E-state index in [1.165, 1.54) is 6.07 Å². The zero-order valence-electron chi connectivity index (χ0n) is 6.27. The van der Waals surface area contributed by atoms with Gasteiger partial charge in [0, 0.05) is 0 Å². The standard InChI is InChI=1S/C9H9BrF/c1-6(2)7-3-4-9(11)8(10)5-7/h3-6H,1H2,2H3. The average Bonchev–Trinajstić information content (AvgIpc) is 1.94. The zero-order valence-corrected chi connectivity index (χ0v) is 7.86. The molecule has 0 nitrogen and oxygen atoms in total. The minimum absolute atomic E-state index is 0.201. The van der Waals surface area contributed by atoms with Crippen molar-refractivity contribution in [1.29, 1.82) is 0 Å². The van der Waals surface area contributed by atoms with Crippen LogP contribution in [0.15, 0.2) is 22.7 Å². The maximum absolute atomic E-state index is 12.7. The van der Waals surface area contributed by atoms with Crippen LogP contribution in [0.5, 0.6) is 0 Å². The quantitative estimate of drug-likeness (QED) is 0.673. The van der Waals surface area contributed by atoms with Crippen molar-refractivity contribution >= 4 is 15.9 Å². The van der Waals surface area contributed by atoms with E-state index in [9.17, 15) is 4.39 Å². The Hall–Kier alpha value is -0.370. The van der Waals surface area contributed by atoms with E-state index in [0.29, 0.717) is 4.47 Å². The van der Waals surface area contributed by atoms with E-state index in [-0.39, 0.29) is 11.7 Å². The second-order valence-electron chi connectivity index (χ2n) is 2.57. The molecule has 11 heavy (non-hydrogen) atoms. The first-order valence-electron chi connectivity index (χ1n) is 3.39. The maximum Gasteiger partial charge on any atom is 0.137 e. The van der Waals surface area contributed by atoms with Gasteiger partial charge in [0.2, 0.25) is 0 Å². The number of hydrogen-bond acceptors (Lipinski definition) is 0. The summed E-state index contributed by atoms with van der Waals surface area (Å²) in [5.41, 5.74) is 1.04. The molecule has 1 rings (SSSR count). The Morgan fingerprint density at radius 1 is 1.55 bits per heavy atom. The van der Waals surface area contributed by atoms with E-state index in [0.717, 1.165) is 5.56 Å². The summed E-state index contributed by atoms with van der Waals surface area (Å²) in [6, 6.07) is 4.95. The van der Waals surface area contributed by atoms with Gasteiger partial charge in [0.15, 0.2) is 0 Å². The summed E-state index contributed by atoms with van der Waals surface area (Å²) in [6.07, 6.45) is 0. The van der Waals surface area contributed by atoms with Gasteiger partial charge in [-0.15, -0.1) is 0 Å². The van der Waals surface area contributed by atoms with Crippen molar-refractivity contribution in [2.75, 3.05) is 0 Å². The van der Waals surface area contributed by atoms with E-state index in [1.54, 1.807) is 12.1 Å². The molecule has 1 radical (unpaired) electrons. The molecule has 2 heteroatoms. The summed E-state index contributed by atoms with van der Waals surface area (Å²) >= 11 is 3.11. The average molecular weight is 216 g/mol. The van der Waals surface area contributed by atoms with E-state index < -0.39 is 0 Å². The van der Waals surface area contributed by atoms with Crippen molar-refractivity contribution in [3.63, 3.8) is 0 Å². The molecule has 0 aromatic heterocycles. The van der Waals surface area contributed by atoms with E-state index in [2.05, 4.69) is 22.9 Å². The summed E-state index contributed by atoms with van der Waals surface area (Å²) in [5, 5.41) is 0. The van der Waals surface area contributed by atoms with Gasteiger partial charge in [-0.05, 0) is 46.5 Å². The Balaban J connectivity index is 3.05. The van der Waals surface area contributed by atoms with Crippen LogP contribution in [0.3, 0.4) is 0 Å². The van der Waals surface area contributed by atoms with Gasteiger partial charge in [-0.25, -0.2) is 4.39 Å². The molecular formula is C9H9BrF. The number of halogens is 2. The predicted molar refractivity (Wildman–Crippen MR) is 47.9 cm³/mol. The third kappa shape index (κ3) is 2.03. The molecule has 59 valence electrons. The maximum atomic E-state index is 12.7. The fourth-order valence-corrected chi connectivity index (χ4v) is 1.22. The molecule has 1 unspecified atom stereocenters. The van der Waals surface area contributed by atoms with E-state index in [4.69, 9.17) is 0 Å². The van der Waals surface area contributed by atoms with Gasteiger partial charge in [-0.1, -0.05) is 13.0 Å². The lowest BCUT2D eigenvalue weighted by molar-refractivity contribution is 0.620. The third-order valence-corrected chi connectivity index (χ3v) is 2.12. The van der Waals surface area contributed by atoms with Crippen LogP contribution >= 0.6 is 15.9 Å². The van der Waals surface area contributed by atoms with Crippen molar-refractivity contribution in [1.82, 2.24) is 0 Å². The molecule has 0 aliphatic rings.